The number of nitrogens with one attached hydrogen (secondary N) is 2. The molecule has 0 spiro atoms. The average molecular weight is 414 g/mol. The lowest BCUT2D eigenvalue weighted by molar-refractivity contribution is -0.135. The fraction of sp³-hybridized carbons (Fsp3) is 0.333. The van der Waals surface area contributed by atoms with E-state index in [0.717, 1.165) is 0 Å². The van der Waals surface area contributed by atoms with Gasteiger partial charge in [-0.3, -0.25) is 30.2 Å². The van der Waals surface area contributed by atoms with Gasteiger partial charge in [-0.25, -0.2) is 4.39 Å². The van der Waals surface area contributed by atoms with Gasteiger partial charge < -0.3 is 9.64 Å². The van der Waals surface area contributed by atoms with Gasteiger partial charge in [0.25, 0.3) is 11.8 Å². The van der Waals surface area contributed by atoms with Gasteiger partial charge in [0, 0.05) is 37.0 Å². The summed E-state index contributed by atoms with van der Waals surface area (Å²) in [5.74, 6) is -1.97. The van der Waals surface area contributed by atoms with E-state index in [-0.39, 0.29) is 23.5 Å². The second-order valence-corrected chi connectivity index (χ2v) is 6.97. The number of nitrogens with zero attached hydrogens (tertiary/aromatic N) is 2. The number of rotatable bonds is 5. The molecule has 0 saturated carbocycles. The predicted molar refractivity (Wildman–Crippen MR) is 106 cm³/mol. The number of aromatic nitrogens is 1. The molecule has 1 aliphatic heterocycles. The van der Waals surface area contributed by atoms with Crippen LogP contribution in [0.4, 0.5) is 4.39 Å². The highest BCUT2D eigenvalue weighted by molar-refractivity contribution is 5.94. The molecule has 8 nitrogen and oxygen atoms in total. The molecular formula is C21H23FN4O4. The summed E-state index contributed by atoms with van der Waals surface area (Å²) < 4.78 is 18.9. The molecule has 3 rings (SSSR count). The molecule has 2 heterocycles. The van der Waals surface area contributed by atoms with E-state index in [0.29, 0.717) is 31.5 Å². The Morgan fingerprint density at radius 1 is 1.10 bits per heavy atom. The minimum atomic E-state index is -0.998. The number of halogens is 1. The molecule has 1 unspecified atom stereocenters. The number of piperidine rings is 1. The number of carbonyl (C=O) groups is 3. The Hall–Kier alpha value is -3.49. The molecule has 0 radical (unpaired) electrons. The maximum Gasteiger partial charge on any atom is 0.279 e. The van der Waals surface area contributed by atoms with E-state index < -0.39 is 17.8 Å². The largest absolute Gasteiger partial charge is 0.478 e. The molecule has 0 bridgehead atoms. The van der Waals surface area contributed by atoms with E-state index in [9.17, 15) is 18.8 Å². The highest BCUT2D eigenvalue weighted by Crippen LogP contribution is 2.19. The normalized spacial score (nSPS) is 15.2. The van der Waals surface area contributed by atoms with Gasteiger partial charge in [0.05, 0.1) is 0 Å². The van der Waals surface area contributed by atoms with Crippen LogP contribution in [-0.4, -0.2) is 46.8 Å². The molecule has 158 valence electrons. The number of hydrazine groups is 1. The summed E-state index contributed by atoms with van der Waals surface area (Å²) >= 11 is 0. The molecule has 1 aliphatic rings. The Balaban J connectivity index is 1.43. The first kappa shape index (κ1) is 21.2. The van der Waals surface area contributed by atoms with E-state index in [1.54, 1.807) is 35.5 Å². The van der Waals surface area contributed by atoms with Crippen molar-refractivity contribution in [1.82, 2.24) is 20.7 Å². The molecule has 1 saturated heterocycles. The third kappa shape index (κ3) is 5.31. The van der Waals surface area contributed by atoms with Gasteiger partial charge in [-0.05, 0) is 44.0 Å². The third-order valence-electron chi connectivity index (χ3n) is 4.90. The Kier molecular flexibility index (Phi) is 6.95. The lowest BCUT2D eigenvalue weighted by Crippen LogP contribution is -2.51. The molecule has 9 heteroatoms. The number of likely N-dealkylation sites (tertiary alicyclic amines) is 1. The van der Waals surface area contributed by atoms with Gasteiger partial charge in [-0.2, -0.15) is 0 Å². The van der Waals surface area contributed by atoms with Crippen LogP contribution in [0.3, 0.4) is 0 Å². The molecular weight excluding hydrogens is 391 g/mol. The standard InChI is InChI=1S/C21H23FN4O4/c1-14(30-18-5-3-2-4-17(18)22)19(27)24-25-20(28)15-8-12-26(13-9-15)21(29)16-6-10-23-11-7-16/h2-7,10-11,14-15H,8-9,12-13H2,1H3,(H,24,27)(H,25,28). The zero-order valence-corrected chi connectivity index (χ0v) is 16.5. The van der Waals surface area contributed by atoms with Crippen molar-refractivity contribution in [3.05, 3.63) is 60.2 Å². The molecule has 1 atom stereocenters. The van der Waals surface area contributed by atoms with Crippen LogP contribution in [0.5, 0.6) is 5.75 Å². The van der Waals surface area contributed by atoms with E-state index in [4.69, 9.17) is 4.74 Å². The molecule has 1 aromatic heterocycles. The lowest BCUT2D eigenvalue weighted by Gasteiger charge is -2.31. The van der Waals surface area contributed by atoms with Gasteiger partial charge in [-0.1, -0.05) is 12.1 Å². The van der Waals surface area contributed by atoms with E-state index in [1.807, 2.05) is 0 Å². The lowest BCUT2D eigenvalue weighted by atomic mass is 9.96. The quantitative estimate of drug-likeness (QED) is 0.726. The molecule has 1 fully saturated rings. The van der Waals surface area contributed by atoms with Gasteiger partial charge in [0.2, 0.25) is 5.91 Å². The zero-order chi connectivity index (χ0) is 21.5. The van der Waals surface area contributed by atoms with Crippen LogP contribution >= 0.6 is 0 Å². The van der Waals surface area contributed by atoms with Gasteiger partial charge in [-0.15, -0.1) is 0 Å². The van der Waals surface area contributed by atoms with Crippen molar-refractivity contribution >= 4 is 17.7 Å². The maximum atomic E-state index is 13.6. The monoisotopic (exact) mass is 414 g/mol. The van der Waals surface area contributed by atoms with Gasteiger partial charge in [0.1, 0.15) is 0 Å². The topological polar surface area (TPSA) is 101 Å². The van der Waals surface area contributed by atoms with Crippen molar-refractivity contribution in [2.24, 2.45) is 5.92 Å². The average Bonchev–Trinajstić information content (AvgIpc) is 2.79. The fourth-order valence-corrected chi connectivity index (χ4v) is 3.13. The van der Waals surface area contributed by atoms with Crippen molar-refractivity contribution in [1.29, 1.82) is 0 Å². The number of para-hydroxylation sites is 1. The van der Waals surface area contributed by atoms with Crippen LogP contribution in [0, 0.1) is 11.7 Å². The predicted octanol–water partition coefficient (Wildman–Crippen LogP) is 1.69. The smallest absolute Gasteiger partial charge is 0.279 e. The van der Waals surface area contributed by atoms with Crippen molar-refractivity contribution in [3.8, 4) is 5.75 Å². The summed E-state index contributed by atoms with van der Waals surface area (Å²) in [6, 6.07) is 9.06. The highest BCUT2D eigenvalue weighted by atomic mass is 19.1. The van der Waals surface area contributed by atoms with Crippen molar-refractivity contribution in [3.63, 3.8) is 0 Å². The number of pyridine rings is 1. The van der Waals surface area contributed by atoms with Crippen LogP contribution in [0.15, 0.2) is 48.8 Å². The second kappa shape index (κ2) is 9.82. The summed E-state index contributed by atoms with van der Waals surface area (Å²) in [5.41, 5.74) is 5.25. The van der Waals surface area contributed by atoms with Crippen molar-refractivity contribution < 1.29 is 23.5 Å². The minimum Gasteiger partial charge on any atom is -0.478 e. The van der Waals surface area contributed by atoms with Gasteiger partial charge >= 0.3 is 0 Å². The first-order valence-corrected chi connectivity index (χ1v) is 9.66. The summed E-state index contributed by atoms with van der Waals surface area (Å²) in [6.07, 6.45) is 3.10. The van der Waals surface area contributed by atoms with E-state index >= 15 is 0 Å². The van der Waals surface area contributed by atoms with Crippen molar-refractivity contribution in [2.45, 2.75) is 25.9 Å². The summed E-state index contributed by atoms with van der Waals surface area (Å²) in [7, 11) is 0. The van der Waals surface area contributed by atoms with Crippen molar-refractivity contribution in [2.75, 3.05) is 13.1 Å². The molecule has 3 amide bonds. The van der Waals surface area contributed by atoms with E-state index in [1.165, 1.54) is 25.1 Å². The molecule has 30 heavy (non-hydrogen) atoms. The minimum absolute atomic E-state index is 0.0438. The Morgan fingerprint density at radius 3 is 2.43 bits per heavy atom. The molecule has 2 aromatic rings. The number of carbonyl (C=O) groups excluding carboxylic acids is 3. The first-order chi connectivity index (χ1) is 14.5. The summed E-state index contributed by atoms with van der Waals surface area (Å²) in [6.45, 7) is 2.34. The fourth-order valence-electron chi connectivity index (χ4n) is 3.13. The molecule has 1 aromatic carbocycles. The SMILES string of the molecule is CC(Oc1ccccc1F)C(=O)NNC(=O)C1CCN(C(=O)c2ccncc2)CC1. The van der Waals surface area contributed by atoms with Crippen LogP contribution in [0.2, 0.25) is 0 Å². The van der Waals surface area contributed by atoms with Crippen LogP contribution in [0.1, 0.15) is 30.1 Å². The maximum absolute atomic E-state index is 13.6. The third-order valence-corrected chi connectivity index (χ3v) is 4.90. The number of benzene rings is 1. The zero-order valence-electron chi connectivity index (χ0n) is 16.5. The Morgan fingerprint density at radius 2 is 1.77 bits per heavy atom. The highest BCUT2D eigenvalue weighted by Gasteiger charge is 2.28. The van der Waals surface area contributed by atoms with E-state index in [2.05, 4.69) is 15.8 Å². The second-order valence-electron chi connectivity index (χ2n) is 6.97. The molecule has 0 aliphatic carbocycles. The Bertz CT molecular complexity index is 901. The number of amides is 3. The van der Waals surface area contributed by atoms with Gasteiger partial charge in [0.15, 0.2) is 17.7 Å². The Labute approximate surface area is 173 Å². The number of ether oxygens (including phenoxy) is 1. The van der Waals surface area contributed by atoms with Crippen LogP contribution in [0.25, 0.3) is 0 Å². The summed E-state index contributed by atoms with van der Waals surface area (Å²) in [4.78, 5) is 42.5. The summed E-state index contributed by atoms with van der Waals surface area (Å²) in [5, 5.41) is 0. The number of hydrogen-bond acceptors (Lipinski definition) is 5. The van der Waals surface area contributed by atoms with Crippen LogP contribution < -0.4 is 15.6 Å². The molecule has 2 N–H and O–H groups in total. The number of hydrogen-bond donors (Lipinski definition) is 2. The first-order valence-electron chi connectivity index (χ1n) is 9.66. The van der Waals surface area contributed by atoms with Crippen LogP contribution in [-0.2, 0) is 9.59 Å².